The van der Waals surface area contributed by atoms with E-state index in [2.05, 4.69) is 46.7 Å². The predicted octanol–water partition coefficient (Wildman–Crippen LogP) is 3.42. The maximum Gasteiger partial charge on any atom is 0.142 e. The summed E-state index contributed by atoms with van der Waals surface area (Å²) in [7, 11) is 0. The fourth-order valence-electron chi connectivity index (χ4n) is 1.49. The summed E-state index contributed by atoms with van der Waals surface area (Å²) >= 11 is 3.29. The Hall–Kier alpha value is -0.870. The van der Waals surface area contributed by atoms with E-state index < -0.39 is 0 Å². The lowest BCUT2D eigenvalue weighted by Gasteiger charge is -2.12. The van der Waals surface area contributed by atoms with Gasteiger partial charge >= 0.3 is 0 Å². The lowest BCUT2D eigenvalue weighted by atomic mass is 10.2. The first-order chi connectivity index (χ1) is 8.49. The molecule has 100 valence electrons. The van der Waals surface area contributed by atoms with Crippen LogP contribution in [0.5, 0.6) is 5.75 Å². The van der Waals surface area contributed by atoms with Gasteiger partial charge in [0.1, 0.15) is 12.4 Å². The van der Waals surface area contributed by atoms with Crippen LogP contribution in [0.15, 0.2) is 23.2 Å². The second-order valence-corrected chi connectivity index (χ2v) is 5.85. The van der Waals surface area contributed by atoms with Crippen LogP contribution in [0.25, 0.3) is 0 Å². The number of hydrogen-bond acceptors (Lipinski definition) is 3. The Morgan fingerprint density at radius 2 is 2.22 bits per heavy atom. The number of rotatable bonds is 7. The minimum atomic E-state index is 0.460. The Labute approximate surface area is 118 Å². The van der Waals surface area contributed by atoms with Crippen molar-refractivity contribution in [1.82, 2.24) is 10.3 Å². The Bertz CT molecular complexity index is 405. The molecule has 0 saturated heterocycles. The van der Waals surface area contributed by atoms with E-state index in [9.17, 15) is 0 Å². The molecule has 1 aromatic heterocycles. The normalized spacial score (nSPS) is 10.7. The van der Waals surface area contributed by atoms with Crippen LogP contribution < -0.4 is 10.1 Å². The zero-order valence-electron chi connectivity index (χ0n) is 11.3. The molecular weight excluding hydrogens is 292 g/mol. The topological polar surface area (TPSA) is 34.1 Å². The molecule has 4 heteroatoms. The van der Waals surface area contributed by atoms with Crippen LogP contribution in [-0.4, -0.2) is 18.1 Å². The largest absolute Gasteiger partial charge is 0.486 e. The van der Waals surface area contributed by atoms with Gasteiger partial charge in [-0.2, -0.15) is 0 Å². The van der Waals surface area contributed by atoms with E-state index in [0.29, 0.717) is 12.5 Å². The predicted molar refractivity (Wildman–Crippen MR) is 79.1 cm³/mol. The second kappa shape index (κ2) is 7.54. The molecule has 1 N–H and O–H groups in total. The Kier molecular flexibility index (Phi) is 6.36. The highest BCUT2D eigenvalue weighted by molar-refractivity contribution is 9.11. The molecule has 0 unspecified atom stereocenters. The number of halogens is 1. The average Bonchev–Trinajstić information content (AvgIpc) is 2.27. The van der Waals surface area contributed by atoms with Gasteiger partial charge in [0.05, 0.1) is 5.69 Å². The third-order valence-corrected chi connectivity index (χ3v) is 2.53. The number of ether oxygens (including phenoxy) is 1. The number of hydrogen-bond donors (Lipinski definition) is 1. The van der Waals surface area contributed by atoms with Crippen LogP contribution in [0.4, 0.5) is 0 Å². The zero-order valence-corrected chi connectivity index (χ0v) is 12.9. The van der Waals surface area contributed by atoms with E-state index >= 15 is 0 Å². The van der Waals surface area contributed by atoms with Crippen LogP contribution >= 0.6 is 15.9 Å². The van der Waals surface area contributed by atoms with Crippen LogP contribution in [0.2, 0.25) is 0 Å². The molecule has 0 spiro atoms. The van der Waals surface area contributed by atoms with Gasteiger partial charge in [0.2, 0.25) is 0 Å². The maximum atomic E-state index is 5.66. The first-order valence-electron chi connectivity index (χ1n) is 6.12. The molecule has 3 nitrogen and oxygen atoms in total. The smallest absolute Gasteiger partial charge is 0.142 e. The van der Waals surface area contributed by atoms with Crippen molar-refractivity contribution in [3.8, 4) is 5.75 Å². The highest BCUT2D eigenvalue weighted by Gasteiger charge is 2.06. The molecule has 0 bridgehead atoms. The van der Waals surface area contributed by atoms with Gasteiger partial charge in [0, 0.05) is 16.7 Å². The van der Waals surface area contributed by atoms with Crippen molar-refractivity contribution < 1.29 is 4.74 Å². The molecule has 0 aliphatic carbocycles. The summed E-state index contributed by atoms with van der Waals surface area (Å²) in [6, 6.07) is 3.92. The van der Waals surface area contributed by atoms with E-state index in [-0.39, 0.29) is 0 Å². The van der Waals surface area contributed by atoms with Gasteiger partial charge in [-0.25, -0.2) is 0 Å². The summed E-state index contributed by atoms with van der Waals surface area (Å²) in [5.41, 5.74) is 1.95. The average molecular weight is 313 g/mol. The zero-order chi connectivity index (χ0) is 13.5. The van der Waals surface area contributed by atoms with E-state index in [0.717, 1.165) is 34.7 Å². The number of nitrogens with one attached hydrogen (secondary N) is 1. The monoisotopic (exact) mass is 312 g/mol. The van der Waals surface area contributed by atoms with Gasteiger partial charge in [-0.15, -0.1) is 0 Å². The Morgan fingerprint density at radius 1 is 1.50 bits per heavy atom. The second-order valence-electron chi connectivity index (χ2n) is 4.73. The number of aromatic nitrogens is 1. The Balaban J connectivity index is 2.67. The van der Waals surface area contributed by atoms with Crippen LogP contribution in [0, 0.1) is 12.8 Å². The summed E-state index contributed by atoms with van der Waals surface area (Å²) < 4.78 is 6.49. The van der Waals surface area contributed by atoms with Gasteiger partial charge in [-0.1, -0.05) is 36.4 Å². The first-order valence-corrected chi connectivity index (χ1v) is 6.91. The van der Waals surface area contributed by atoms with Crippen LogP contribution in [0.3, 0.4) is 0 Å². The molecule has 0 fully saturated rings. The highest BCUT2D eigenvalue weighted by atomic mass is 79.9. The minimum absolute atomic E-state index is 0.460. The fourth-order valence-corrected chi connectivity index (χ4v) is 1.61. The van der Waals surface area contributed by atoms with E-state index in [1.165, 1.54) is 0 Å². The molecule has 18 heavy (non-hydrogen) atoms. The lowest BCUT2D eigenvalue weighted by molar-refractivity contribution is 0.352. The lowest BCUT2D eigenvalue weighted by Crippen LogP contribution is -2.20. The van der Waals surface area contributed by atoms with E-state index in [4.69, 9.17) is 4.74 Å². The van der Waals surface area contributed by atoms with Crippen molar-refractivity contribution in [2.45, 2.75) is 27.3 Å². The molecule has 0 aliphatic heterocycles. The van der Waals surface area contributed by atoms with E-state index in [1.54, 1.807) is 0 Å². The first kappa shape index (κ1) is 15.2. The molecule has 0 atom stereocenters. The molecule has 0 aliphatic rings. The van der Waals surface area contributed by atoms with Crippen LogP contribution in [-0.2, 0) is 6.54 Å². The summed E-state index contributed by atoms with van der Waals surface area (Å²) in [5, 5.41) is 3.38. The van der Waals surface area contributed by atoms with Gasteiger partial charge in [-0.05, 0) is 31.5 Å². The number of pyridine rings is 1. The Morgan fingerprint density at radius 3 is 2.83 bits per heavy atom. The van der Waals surface area contributed by atoms with E-state index in [1.807, 2.05) is 19.1 Å². The van der Waals surface area contributed by atoms with Crippen molar-refractivity contribution in [3.05, 3.63) is 34.6 Å². The summed E-state index contributed by atoms with van der Waals surface area (Å²) in [6.07, 6.45) is 0. The number of aryl methyl sites for hydroxylation is 1. The van der Waals surface area contributed by atoms with Crippen molar-refractivity contribution in [3.63, 3.8) is 0 Å². The molecule has 1 aromatic rings. The quantitative estimate of drug-likeness (QED) is 0.837. The summed E-state index contributed by atoms with van der Waals surface area (Å²) in [6.45, 7) is 12.3. The van der Waals surface area contributed by atoms with Crippen molar-refractivity contribution in [2.75, 3.05) is 13.2 Å². The SMILES string of the molecule is C=C(Br)COc1ccc(C)nc1CNCC(C)C. The standard InChI is InChI=1S/C14H21BrN2O/c1-10(2)7-16-8-13-14(18-9-11(3)15)6-5-12(4)17-13/h5-6,10,16H,3,7-9H2,1-2,4H3. The third-order valence-electron chi connectivity index (χ3n) is 2.30. The molecule has 0 radical (unpaired) electrons. The van der Waals surface area contributed by atoms with Gasteiger partial charge in [-0.3, -0.25) is 4.98 Å². The van der Waals surface area contributed by atoms with Crippen molar-refractivity contribution in [2.24, 2.45) is 5.92 Å². The van der Waals surface area contributed by atoms with Crippen molar-refractivity contribution in [1.29, 1.82) is 0 Å². The van der Waals surface area contributed by atoms with Gasteiger partial charge < -0.3 is 10.1 Å². The molecule has 1 rings (SSSR count). The minimum Gasteiger partial charge on any atom is -0.486 e. The molecule has 1 heterocycles. The maximum absolute atomic E-state index is 5.66. The van der Waals surface area contributed by atoms with Gasteiger partial charge in [0.25, 0.3) is 0 Å². The molecular formula is C14H21BrN2O. The molecule has 0 amide bonds. The molecule has 0 aromatic carbocycles. The summed E-state index contributed by atoms with van der Waals surface area (Å²) in [4.78, 5) is 4.52. The number of nitrogens with zero attached hydrogens (tertiary/aromatic N) is 1. The fraction of sp³-hybridized carbons (Fsp3) is 0.500. The van der Waals surface area contributed by atoms with Gasteiger partial charge in [0.15, 0.2) is 0 Å². The van der Waals surface area contributed by atoms with Crippen LogP contribution in [0.1, 0.15) is 25.2 Å². The van der Waals surface area contributed by atoms with Crippen molar-refractivity contribution >= 4 is 15.9 Å². The summed E-state index contributed by atoms with van der Waals surface area (Å²) in [5.74, 6) is 1.44. The highest BCUT2D eigenvalue weighted by Crippen LogP contribution is 2.18. The molecule has 0 saturated carbocycles. The third kappa shape index (κ3) is 5.65.